The maximum absolute atomic E-state index is 13.5. The van der Waals surface area contributed by atoms with Gasteiger partial charge < -0.3 is 4.74 Å². The van der Waals surface area contributed by atoms with Crippen LogP contribution in [-0.2, 0) is 20.7 Å². The molecule has 2 amide bonds. The predicted molar refractivity (Wildman–Crippen MR) is 170 cm³/mol. The van der Waals surface area contributed by atoms with Gasteiger partial charge in [0.1, 0.15) is 5.82 Å². The SMILES string of the molecule is CCc1cc(Br)cc2c(C(=O)OCC(=O)c3ccc(F)cc3)cc(-c3ccc(N4C(=O)C5C6C=C(C)C(C6)C5C4=O)cc3)nc12. The van der Waals surface area contributed by atoms with Gasteiger partial charge in [-0.2, -0.15) is 0 Å². The molecule has 1 aliphatic heterocycles. The van der Waals surface area contributed by atoms with Gasteiger partial charge in [-0.15, -0.1) is 0 Å². The minimum atomic E-state index is -0.700. The van der Waals surface area contributed by atoms with E-state index in [2.05, 4.69) is 22.0 Å². The van der Waals surface area contributed by atoms with E-state index in [0.29, 0.717) is 34.3 Å². The first-order valence-corrected chi connectivity index (χ1v) is 15.7. The third-order valence-corrected chi connectivity index (χ3v) is 9.82. The van der Waals surface area contributed by atoms with Crippen molar-refractivity contribution in [2.75, 3.05) is 11.5 Å². The monoisotopic (exact) mass is 666 g/mol. The van der Waals surface area contributed by atoms with Crippen molar-refractivity contribution in [2.45, 2.75) is 26.7 Å². The summed E-state index contributed by atoms with van der Waals surface area (Å²) in [7, 11) is 0. The van der Waals surface area contributed by atoms with Crippen LogP contribution in [0.5, 0.6) is 0 Å². The number of aromatic nitrogens is 1. The summed E-state index contributed by atoms with van der Waals surface area (Å²) in [5.74, 6) is -2.22. The minimum Gasteiger partial charge on any atom is -0.454 e. The van der Waals surface area contributed by atoms with Crippen molar-refractivity contribution < 1.29 is 28.3 Å². The van der Waals surface area contributed by atoms with Crippen molar-refractivity contribution in [1.29, 1.82) is 0 Å². The fourth-order valence-corrected chi connectivity index (χ4v) is 7.69. The molecule has 0 N–H and O–H groups in total. The average Bonchev–Trinajstić information content (AvgIpc) is 3.68. The lowest BCUT2D eigenvalue weighted by Gasteiger charge is -2.19. The van der Waals surface area contributed by atoms with Crippen LogP contribution < -0.4 is 4.90 Å². The van der Waals surface area contributed by atoms with Crippen molar-refractivity contribution in [3.63, 3.8) is 0 Å². The molecular weight excluding hydrogens is 639 g/mol. The molecule has 0 radical (unpaired) electrons. The highest BCUT2D eigenvalue weighted by Crippen LogP contribution is 2.56. The highest BCUT2D eigenvalue weighted by molar-refractivity contribution is 9.10. The number of aryl methyl sites for hydroxylation is 1. The van der Waals surface area contributed by atoms with Crippen LogP contribution in [0.15, 0.2) is 82.9 Å². The van der Waals surface area contributed by atoms with Gasteiger partial charge in [0.2, 0.25) is 11.8 Å². The molecule has 4 aromatic rings. The number of imide groups is 1. The lowest BCUT2D eigenvalue weighted by molar-refractivity contribution is -0.123. The number of amides is 2. The lowest BCUT2D eigenvalue weighted by atomic mass is 9.82. The van der Waals surface area contributed by atoms with E-state index >= 15 is 0 Å². The normalized spacial score (nSPS) is 21.8. The molecule has 9 heteroatoms. The number of pyridine rings is 1. The van der Waals surface area contributed by atoms with E-state index in [4.69, 9.17) is 9.72 Å². The molecule has 7 rings (SSSR count). The van der Waals surface area contributed by atoms with E-state index in [-0.39, 0.29) is 46.6 Å². The van der Waals surface area contributed by atoms with Crippen molar-refractivity contribution >= 4 is 56.1 Å². The first kappa shape index (κ1) is 29.2. The maximum Gasteiger partial charge on any atom is 0.339 e. The van der Waals surface area contributed by atoms with Crippen molar-refractivity contribution in [1.82, 2.24) is 4.98 Å². The minimum absolute atomic E-state index is 0.125. The molecule has 226 valence electrons. The van der Waals surface area contributed by atoms with Gasteiger partial charge >= 0.3 is 5.97 Å². The Balaban J connectivity index is 1.20. The van der Waals surface area contributed by atoms with E-state index in [9.17, 15) is 23.6 Å². The number of anilines is 1. The summed E-state index contributed by atoms with van der Waals surface area (Å²) in [6.45, 7) is 3.53. The van der Waals surface area contributed by atoms with Crippen LogP contribution in [-0.4, -0.2) is 35.2 Å². The predicted octanol–water partition coefficient (Wildman–Crippen LogP) is 7.11. The van der Waals surface area contributed by atoms with Gasteiger partial charge in [0.25, 0.3) is 0 Å². The number of esters is 1. The molecule has 4 atom stereocenters. The Morgan fingerprint density at radius 3 is 2.42 bits per heavy atom. The Kier molecular flexibility index (Phi) is 7.23. The van der Waals surface area contributed by atoms with Crippen LogP contribution in [0, 0.1) is 29.5 Å². The number of hydrogen-bond acceptors (Lipinski definition) is 6. The lowest BCUT2D eigenvalue weighted by Crippen LogP contribution is -2.32. The maximum atomic E-state index is 13.5. The van der Waals surface area contributed by atoms with Gasteiger partial charge in [-0.1, -0.05) is 46.6 Å². The van der Waals surface area contributed by atoms with Crippen LogP contribution in [0.3, 0.4) is 0 Å². The zero-order valence-corrected chi connectivity index (χ0v) is 26.1. The molecule has 2 fully saturated rings. The quantitative estimate of drug-likeness (QED) is 0.0904. The number of halogens is 2. The zero-order chi connectivity index (χ0) is 31.6. The summed E-state index contributed by atoms with van der Waals surface area (Å²) in [4.78, 5) is 59.2. The van der Waals surface area contributed by atoms with Crippen LogP contribution in [0.2, 0.25) is 0 Å². The number of ether oxygens (including phenoxy) is 1. The van der Waals surface area contributed by atoms with Gasteiger partial charge in [-0.25, -0.2) is 14.2 Å². The average molecular weight is 668 g/mol. The van der Waals surface area contributed by atoms with Gasteiger partial charge in [0.05, 0.1) is 34.3 Å². The van der Waals surface area contributed by atoms with Gasteiger partial charge in [-0.3, -0.25) is 19.3 Å². The van der Waals surface area contributed by atoms with Crippen LogP contribution in [0.4, 0.5) is 10.1 Å². The molecule has 7 nitrogen and oxygen atoms in total. The molecule has 3 aliphatic rings. The zero-order valence-electron chi connectivity index (χ0n) is 24.6. The summed E-state index contributed by atoms with van der Waals surface area (Å²) >= 11 is 3.52. The smallest absolute Gasteiger partial charge is 0.339 e. The van der Waals surface area contributed by atoms with Gasteiger partial charge in [0.15, 0.2) is 12.4 Å². The van der Waals surface area contributed by atoms with E-state index < -0.39 is 24.2 Å². The summed E-state index contributed by atoms with van der Waals surface area (Å²) < 4.78 is 19.5. The molecule has 3 aromatic carbocycles. The Hall–Kier alpha value is -4.50. The fraction of sp³-hybridized carbons (Fsp3) is 0.250. The molecule has 0 spiro atoms. The molecule has 45 heavy (non-hydrogen) atoms. The topological polar surface area (TPSA) is 93.6 Å². The largest absolute Gasteiger partial charge is 0.454 e. The number of ketones is 1. The number of rotatable bonds is 7. The van der Waals surface area contributed by atoms with Crippen LogP contribution in [0.25, 0.3) is 22.2 Å². The first-order chi connectivity index (χ1) is 21.6. The second-order valence-electron chi connectivity index (χ2n) is 11.9. The Bertz CT molecular complexity index is 1950. The number of nitrogens with zero attached hydrogens (tertiary/aromatic N) is 2. The van der Waals surface area contributed by atoms with Crippen molar-refractivity contribution in [3.05, 3.63) is 105 Å². The Morgan fingerprint density at radius 1 is 1.00 bits per heavy atom. The van der Waals surface area contributed by atoms with Gasteiger partial charge in [-0.05, 0) is 91.8 Å². The Labute approximate surface area is 267 Å². The molecule has 2 heterocycles. The molecule has 4 unspecified atom stereocenters. The van der Waals surface area contributed by atoms with Crippen molar-refractivity contribution in [2.24, 2.45) is 23.7 Å². The number of carbonyl (C=O) groups is 4. The Morgan fingerprint density at radius 2 is 1.71 bits per heavy atom. The summed E-state index contributed by atoms with van der Waals surface area (Å²) in [5.41, 5.74) is 4.89. The number of carbonyl (C=O) groups excluding carboxylic acids is 4. The van der Waals surface area contributed by atoms with Gasteiger partial charge in [0, 0.05) is 21.0 Å². The second kappa shape index (κ2) is 11.1. The second-order valence-corrected chi connectivity index (χ2v) is 12.8. The highest BCUT2D eigenvalue weighted by Gasteiger charge is 2.60. The van der Waals surface area contributed by atoms with Crippen molar-refractivity contribution in [3.8, 4) is 11.3 Å². The summed E-state index contributed by atoms with van der Waals surface area (Å²) in [6, 6.07) is 17.4. The highest BCUT2D eigenvalue weighted by atomic mass is 79.9. The molecular formula is C36H28BrFN2O5. The van der Waals surface area contributed by atoms with E-state index in [0.717, 1.165) is 16.5 Å². The summed E-state index contributed by atoms with van der Waals surface area (Å²) in [5, 5.41) is 0.569. The number of hydrogen-bond donors (Lipinski definition) is 0. The molecule has 2 bridgehead atoms. The van der Waals surface area contributed by atoms with Crippen LogP contribution >= 0.6 is 15.9 Å². The molecule has 1 saturated heterocycles. The molecule has 1 aromatic heterocycles. The third-order valence-electron chi connectivity index (χ3n) is 9.36. The third kappa shape index (κ3) is 4.90. The first-order valence-electron chi connectivity index (χ1n) is 14.9. The summed E-state index contributed by atoms with van der Waals surface area (Å²) in [6.07, 6.45) is 3.68. The number of allylic oxidation sites excluding steroid dienone is 2. The van der Waals surface area contributed by atoms with E-state index in [1.54, 1.807) is 36.4 Å². The molecule has 2 aliphatic carbocycles. The molecule has 1 saturated carbocycles. The number of benzene rings is 3. The van der Waals surface area contributed by atoms with E-state index in [1.165, 1.54) is 34.7 Å². The number of fused-ring (bicyclic) bond motifs is 6. The van der Waals surface area contributed by atoms with E-state index in [1.807, 2.05) is 19.9 Å². The number of Topliss-reactive ketones (excluding diaryl/α,β-unsaturated/α-hetero) is 1. The van der Waals surface area contributed by atoms with Crippen LogP contribution in [0.1, 0.15) is 46.5 Å². The fourth-order valence-electron chi connectivity index (χ4n) is 7.18. The standard InChI is InChI=1S/C36H28BrFN2O5/c1-3-19-13-23(37)15-27-28(36(44)45-17-30(41)21-4-8-24(38)9-5-21)16-29(39-33(19)27)20-6-10-25(11-7-20)40-34(42)31-22-12-18(2)26(14-22)32(31)35(40)43/h4-13,15-16,22,26,31-32H,3,14,17H2,1-2H3.